The summed E-state index contributed by atoms with van der Waals surface area (Å²) in [7, 11) is 0. The van der Waals surface area contributed by atoms with Gasteiger partial charge in [0.1, 0.15) is 11.9 Å². The highest BCUT2D eigenvalue weighted by molar-refractivity contribution is 7.16. The number of aromatic amines is 1. The normalized spacial score (nSPS) is 29.1. The molecule has 146 valence electrons. The number of phenols is 1. The van der Waals surface area contributed by atoms with Crippen LogP contribution in [0.4, 0.5) is 4.39 Å². The number of rotatable bonds is 4. The number of H-pyrrole nitrogens is 1. The number of benzene rings is 1. The van der Waals surface area contributed by atoms with Crippen LogP contribution >= 0.6 is 11.3 Å². The molecule has 7 nitrogen and oxygen atoms in total. The Kier molecular flexibility index (Phi) is 4.09. The molecule has 3 aliphatic rings. The van der Waals surface area contributed by atoms with Gasteiger partial charge in [0.15, 0.2) is 11.2 Å². The number of aromatic nitrogens is 4. The van der Waals surface area contributed by atoms with E-state index >= 15 is 0 Å². The van der Waals surface area contributed by atoms with Crippen LogP contribution in [-0.4, -0.2) is 50.4 Å². The smallest absolute Gasteiger partial charge is 0.294 e. The average Bonchev–Trinajstić information content (AvgIpc) is 3.37. The minimum absolute atomic E-state index is 0.0950. The number of halogens is 1. The van der Waals surface area contributed by atoms with Crippen LogP contribution in [0.2, 0.25) is 0 Å². The lowest BCUT2D eigenvalue weighted by atomic mass is 9.67. The molecule has 0 amide bonds. The predicted octanol–water partition coefficient (Wildman–Crippen LogP) is 3.16. The van der Waals surface area contributed by atoms with Gasteiger partial charge >= 0.3 is 0 Å². The maximum atomic E-state index is 14.8. The van der Waals surface area contributed by atoms with Gasteiger partial charge in [0.25, 0.3) is 5.19 Å². The van der Waals surface area contributed by atoms with Gasteiger partial charge in [0, 0.05) is 29.8 Å². The SMILES string of the molecule is C[C@]12CC[C@H](NC1)C(F)[C@H]2Oc1nnc(-c2ccc(-c3cn[nH]c3)cc2O)s1. The standard InChI is InChI=1S/C19H20FN5O2S/c1-19-5-4-13(21-9-19)15(20)16(19)27-18-25-24-17(28-18)12-3-2-10(6-14(12)26)11-7-22-23-8-11/h2-3,6-8,13,15-16,21,26H,4-5,9H2,1H3,(H,22,23)/t13-,15?,16+,19-/m0/s1. The van der Waals surface area contributed by atoms with Crippen molar-refractivity contribution in [2.45, 2.75) is 38.1 Å². The Morgan fingerprint density at radius 2 is 2.21 bits per heavy atom. The van der Waals surface area contributed by atoms with Gasteiger partial charge in [-0.1, -0.05) is 29.4 Å². The van der Waals surface area contributed by atoms with Crippen LogP contribution in [-0.2, 0) is 0 Å². The number of hydrogen-bond acceptors (Lipinski definition) is 7. The van der Waals surface area contributed by atoms with Crippen molar-refractivity contribution in [1.82, 2.24) is 25.7 Å². The third kappa shape index (κ3) is 2.85. The van der Waals surface area contributed by atoms with Crippen LogP contribution < -0.4 is 10.1 Å². The van der Waals surface area contributed by atoms with Crippen molar-refractivity contribution in [2.75, 3.05) is 6.54 Å². The zero-order valence-corrected chi connectivity index (χ0v) is 16.0. The number of ether oxygens (including phenoxy) is 1. The number of aromatic hydroxyl groups is 1. The van der Waals surface area contributed by atoms with Gasteiger partial charge in [-0.05, 0) is 30.5 Å². The summed E-state index contributed by atoms with van der Waals surface area (Å²) >= 11 is 1.22. The van der Waals surface area contributed by atoms with Crippen molar-refractivity contribution in [2.24, 2.45) is 5.41 Å². The van der Waals surface area contributed by atoms with Crippen LogP contribution in [0, 0.1) is 5.41 Å². The van der Waals surface area contributed by atoms with E-state index in [2.05, 4.69) is 32.6 Å². The lowest BCUT2D eigenvalue weighted by Crippen LogP contribution is -2.66. The maximum Gasteiger partial charge on any atom is 0.294 e. The second kappa shape index (κ2) is 6.52. The molecule has 3 N–H and O–H groups in total. The van der Waals surface area contributed by atoms with Crippen LogP contribution in [0.3, 0.4) is 0 Å². The van der Waals surface area contributed by atoms with Crippen LogP contribution in [0.1, 0.15) is 19.8 Å². The maximum absolute atomic E-state index is 14.8. The van der Waals surface area contributed by atoms with E-state index in [0.29, 0.717) is 15.8 Å². The van der Waals surface area contributed by atoms with Crippen molar-refractivity contribution >= 4 is 11.3 Å². The Bertz CT molecular complexity index is 984. The summed E-state index contributed by atoms with van der Waals surface area (Å²) < 4.78 is 20.7. The van der Waals surface area contributed by atoms with Crippen molar-refractivity contribution in [3.05, 3.63) is 30.6 Å². The summed E-state index contributed by atoms with van der Waals surface area (Å²) in [5.74, 6) is 0.0950. The highest BCUT2D eigenvalue weighted by atomic mass is 32.1. The van der Waals surface area contributed by atoms with Gasteiger partial charge in [0.05, 0.1) is 11.8 Å². The molecule has 2 aromatic heterocycles. The van der Waals surface area contributed by atoms with E-state index in [-0.39, 0.29) is 17.2 Å². The Morgan fingerprint density at radius 3 is 2.89 bits per heavy atom. The second-order valence-corrected chi connectivity index (χ2v) is 8.70. The molecule has 2 saturated heterocycles. The van der Waals surface area contributed by atoms with Gasteiger partial charge < -0.3 is 15.2 Å². The minimum Gasteiger partial charge on any atom is -0.507 e. The molecular weight excluding hydrogens is 381 g/mol. The summed E-state index contributed by atoms with van der Waals surface area (Å²) in [5, 5.41) is 29.4. The number of piperidine rings is 2. The molecule has 28 heavy (non-hydrogen) atoms. The van der Waals surface area contributed by atoms with Gasteiger partial charge in [-0.25, -0.2) is 4.39 Å². The third-order valence-electron chi connectivity index (χ3n) is 5.85. The van der Waals surface area contributed by atoms with Crippen molar-refractivity contribution in [3.63, 3.8) is 0 Å². The summed E-state index contributed by atoms with van der Waals surface area (Å²) in [6, 6.07) is 5.17. The van der Waals surface area contributed by atoms with Crippen molar-refractivity contribution < 1.29 is 14.2 Å². The molecule has 1 aliphatic carbocycles. The monoisotopic (exact) mass is 401 g/mol. The zero-order chi connectivity index (χ0) is 19.3. The fourth-order valence-electron chi connectivity index (χ4n) is 4.13. The van der Waals surface area contributed by atoms with Crippen LogP contribution in [0.15, 0.2) is 30.6 Å². The Morgan fingerprint density at radius 1 is 1.32 bits per heavy atom. The lowest BCUT2D eigenvalue weighted by molar-refractivity contribution is -0.0857. The molecule has 6 rings (SSSR count). The molecule has 4 heterocycles. The molecule has 4 atom stereocenters. The molecule has 1 unspecified atom stereocenters. The van der Waals surface area contributed by atoms with Crippen LogP contribution in [0.5, 0.6) is 10.9 Å². The fraction of sp³-hybridized carbons (Fsp3) is 0.421. The molecule has 9 heteroatoms. The second-order valence-electron chi connectivity index (χ2n) is 7.76. The molecule has 3 aromatic rings. The van der Waals surface area contributed by atoms with Crippen molar-refractivity contribution in [3.8, 4) is 32.6 Å². The van der Waals surface area contributed by atoms with Gasteiger partial charge in [-0.3, -0.25) is 5.10 Å². The molecule has 0 radical (unpaired) electrons. The summed E-state index contributed by atoms with van der Waals surface area (Å²) in [6.07, 6.45) is 3.60. The first-order valence-electron chi connectivity index (χ1n) is 9.24. The molecule has 2 aliphatic heterocycles. The van der Waals surface area contributed by atoms with E-state index in [1.165, 1.54) is 11.3 Å². The summed E-state index contributed by atoms with van der Waals surface area (Å²) in [4.78, 5) is 0. The first-order valence-corrected chi connectivity index (χ1v) is 10.1. The Hall–Kier alpha value is -2.52. The number of fused-ring (bicyclic) bond motifs is 3. The minimum atomic E-state index is -1.07. The highest BCUT2D eigenvalue weighted by Crippen LogP contribution is 2.44. The molecule has 3 fully saturated rings. The van der Waals surface area contributed by atoms with E-state index in [1.54, 1.807) is 24.5 Å². The third-order valence-corrected chi connectivity index (χ3v) is 6.70. The molecule has 1 aromatic carbocycles. The van der Waals surface area contributed by atoms with E-state index < -0.39 is 12.3 Å². The van der Waals surface area contributed by atoms with Gasteiger partial charge in [0.2, 0.25) is 0 Å². The number of hydrogen-bond donors (Lipinski definition) is 3. The summed E-state index contributed by atoms with van der Waals surface area (Å²) in [6.45, 7) is 2.79. The quantitative estimate of drug-likeness (QED) is 0.622. The number of nitrogens with one attached hydrogen (secondary N) is 2. The van der Waals surface area contributed by atoms with Gasteiger partial charge in [-0.2, -0.15) is 5.10 Å². The number of phenolic OH excluding ortho intramolecular Hbond substituents is 1. The number of nitrogens with zero attached hydrogens (tertiary/aromatic N) is 3. The van der Waals surface area contributed by atoms with Crippen LogP contribution in [0.25, 0.3) is 21.7 Å². The van der Waals surface area contributed by atoms with Gasteiger partial charge in [-0.15, -0.1) is 5.10 Å². The van der Waals surface area contributed by atoms with Crippen molar-refractivity contribution in [1.29, 1.82) is 0 Å². The predicted molar refractivity (Wildman–Crippen MR) is 103 cm³/mol. The lowest BCUT2D eigenvalue weighted by Gasteiger charge is -2.51. The zero-order valence-electron chi connectivity index (χ0n) is 15.2. The number of alkyl halides is 1. The average molecular weight is 401 g/mol. The van der Waals surface area contributed by atoms with E-state index in [9.17, 15) is 9.50 Å². The van der Waals surface area contributed by atoms with E-state index in [1.807, 2.05) is 6.07 Å². The summed E-state index contributed by atoms with van der Waals surface area (Å²) in [5.41, 5.74) is 2.03. The molecule has 2 bridgehead atoms. The highest BCUT2D eigenvalue weighted by Gasteiger charge is 2.53. The first-order chi connectivity index (χ1) is 13.5. The largest absolute Gasteiger partial charge is 0.507 e. The molecule has 0 spiro atoms. The Labute approximate surface area is 165 Å². The van der Waals surface area contributed by atoms with E-state index in [0.717, 1.165) is 30.5 Å². The molecular formula is C19H20FN5O2S. The Balaban J connectivity index is 1.38. The van der Waals surface area contributed by atoms with E-state index in [4.69, 9.17) is 4.74 Å². The molecule has 1 saturated carbocycles. The topological polar surface area (TPSA) is 96.0 Å². The fourth-order valence-corrected chi connectivity index (χ4v) is 4.90. The first kappa shape index (κ1) is 17.6.